The Bertz CT molecular complexity index is 359. The Kier molecular flexibility index (Phi) is 5.17. The van der Waals surface area contributed by atoms with E-state index < -0.39 is 42.8 Å². The van der Waals surface area contributed by atoms with E-state index in [-0.39, 0.29) is 0 Å². The van der Waals surface area contributed by atoms with Gasteiger partial charge in [0.2, 0.25) is 0 Å². The molecule has 127 valence electrons. The van der Waals surface area contributed by atoms with Crippen LogP contribution in [0.4, 0.5) is 52.7 Å². The second-order valence-corrected chi connectivity index (χ2v) is 3.54. The lowest BCUT2D eigenvalue weighted by atomic mass is 9.99. The summed E-state index contributed by atoms with van der Waals surface area (Å²) < 4.78 is 151. The van der Waals surface area contributed by atoms with Gasteiger partial charge in [-0.15, -0.1) is 0 Å². The van der Waals surface area contributed by atoms with Crippen molar-refractivity contribution >= 4 is 0 Å². The van der Waals surface area contributed by atoms with Gasteiger partial charge in [0.05, 0.1) is 6.61 Å². The average Bonchev–Trinajstić information content (AvgIpc) is 2.25. The molecule has 0 aliphatic carbocycles. The molecule has 0 saturated heterocycles. The van der Waals surface area contributed by atoms with Crippen LogP contribution in [0.5, 0.6) is 0 Å². The molecule has 0 spiro atoms. The van der Waals surface area contributed by atoms with Crippen molar-refractivity contribution in [1.29, 1.82) is 0 Å². The Morgan fingerprint density at radius 3 is 1.43 bits per heavy atom. The topological polar surface area (TPSA) is 9.23 Å². The maximum Gasteiger partial charge on any atom is 0.460 e. The van der Waals surface area contributed by atoms with E-state index in [9.17, 15) is 52.7 Å². The molecule has 0 aliphatic rings. The molecule has 0 fully saturated rings. The van der Waals surface area contributed by atoms with Gasteiger partial charge in [-0.05, 0) is 6.92 Å². The minimum Gasteiger partial charge on any atom is -0.318 e. The molecule has 0 saturated carbocycles. The van der Waals surface area contributed by atoms with Gasteiger partial charge in [-0.3, -0.25) is 0 Å². The third-order valence-electron chi connectivity index (χ3n) is 2.08. The van der Waals surface area contributed by atoms with E-state index in [1.165, 1.54) is 0 Å². The van der Waals surface area contributed by atoms with Gasteiger partial charge in [-0.2, -0.15) is 48.3 Å². The molecular weight excluding hydrogens is 340 g/mol. The summed E-state index contributed by atoms with van der Waals surface area (Å²) in [4.78, 5) is 0. The van der Waals surface area contributed by atoms with Gasteiger partial charge in [-0.1, -0.05) is 0 Å². The highest BCUT2D eigenvalue weighted by Crippen LogP contribution is 2.56. The predicted octanol–water partition coefficient (Wildman–Crippen LogP) is 4.24. The summed E-state index contributed by atoms with van der Waals surface area (Å²) in [7, 11) is 0. The first-order chi connectivity index (χ1) is 8.97. The average molecular weight is 345 g/mol. The number of hydrogen-bond acceptors (Lipinski definition) is 1. The largest absolute Gasteiger partial charge is 0.460 e. The van der Waals surface area contributed by atoms with Crippen LogP contribution in [0.25, 0.3) is 0 Å². The van der Waals surface area contributed by atoms with Crippen molar-refractivity contribution in [3.63, 3.8) is 0 Å². The van der Waals surface area contributed by atoms with Gasteiger partial charge in [-0.25, -0.2) is 4.39 Å². The summed E-state index contributed by atoms with van der Waals surface area (Å²) in [6.45, 7) is 1.00. The Morgan fingerprint density at radius 2 is 1.14 bits per heavy atom. The molecule has 0 rings (SSSR count). The van der Waals surface area contributed by atoms with E-state index >= 15 is 0 Å². The number of alkyl halides is 12. The van der Waals surface area contributed by atoms with E-state index in [0.717, 1.165) is 0 Å². The molecule has 0 bridgehead atoms. The van der Waals surface area contributed by atoms with Crippen molar-refractivity contribution in [1.82, 2.24) is 0 Å². The van der Waals surface area contributed by atoms with E-state index in [2.05, 4.69) is 11.7 Å². The van der Waals surface area contributed by atoms with Gasteiger partial charge in [0, 0.05) is 0 Å². The van der Waals surface area contributed by atoms with Crippen molar-refractivity contribution < 1.29 is 57.4 Å². The molecule has 0 amide bonds. The zero-order valence-corrected chi connectivity index (χ0v) is 9.44. The van der Waals surface area contributed by atoms with Crippen LogP contribution in [-0.4, -0.2) is 42.8 Å². The molecule has 1 nitrogen and oxygen atoms in total. The molecule has 13 heteroatoms. The van der Waals surface area contributed by atoms with Gasteiger partial charge < -0.3 is 4.74 Å². The zero-order chi connectivity index (χ0) is 17.5. The summed E-state index contributed by atoms with van der Waals surface area (Å²) in [6, 6.07) is 0. The fourth-order valence-corrected chi connectivity index (χ4v) is 0.967. The second-order valence-electron chi connectivity index (χ2n) is 3.54. The summed E-state index contributed by atoms with van der Waals surface area (Å²) >= 11 is 0. The number of ether oxygens (including phenoxy) is 1. The van der Waals surface area contributed by atoms with Crippen LogP contribution in [0.2, 0.25) is 0 Å². The first kappa shape index (κ1) is 20.1. The lowest BCUT2D eigenvalue weighted by molar-refractivity contribution is -0.421. The SMILES string of the molecule is [CH2]COC(F)(F)C(F)C(F)(F)C(F)(F)C(F)(F)C(F)(F)F. The van der Waals surface area contributed by atoms with Gasteiger partial charge in [0.1, 0.15) is 0 Å². The molecule has 0 N–H and O–H groups in total. The normalized spacial score (nSPS) is 17.0. The van der Waals surface area contributed by atoms with Gasteiger partial charge in [0.25, 0.3) is 6.17 Å². The first-order valence-electron chi connectivity index (χ1n) is 4.62. The number of rotatable bonds is 6. The highest BCUT2D eigenvalue weighted by molar-refractivity contribution is 5.05. The second kappa shape index (κ2) is 5.39. The molecule has 0 aliphatic heterocycles. The molecule has 0 aromatic carbocycles. The van der Waals surface area contributed by atoms with Crippen LogP contribution in [0.3, 0.4) is 0 Å². The third-order valence-corrected chi connectivity index (χ3v) is 2.08. The fourth-order valence-electron chi connectivity index (χ4n) is 0.967. The first-order valence-corrected chi connectivity index (χ1v) is 4.62. The lowest BCUT2D eigenvalue weighted by Gasteiger charge is -2.36. The van der Waals surface area contributed by atoms with E-state index in [1.54, 1.807) is 0 Å². The molecular formula is C8H5F12O. The Hall–Kier alpha value is -0.880. The maximum atomic E-state index is 12.8. The molecule has 1 radical (unpaired) electrons. The summed E-state index contributed by atoms with van der Waals surface area (Å²) in [5.41, 5.74) is 0. The van der Waals surface area contributed by atoms with E-state index in [1.807, 2.05) is 0 Å². The number of halogens is 12. The predicted molar refractivity (Wildman–Crippen MR) is 42.0 cm³/mol. The third kappa shape index (κ3) is 3.16. The minimum atomic E-state index is -7.49. The van der Waals surface area contributed by atoms with Crippen molar-refractivity contribution in [3.8, 4) is 0 Å². The molecule has 0 aromatic heterocycles. The van der Waals surface area contributed by atoms with Crippen LogP contribution in [0.15, 0.2) is 0 Å². The highest BCUT2D eigenvalue weighted by atomic mass is 19.4. The number of hydrogen-bond donors (Lipinski definition) is 0. The Balaban J connectivity index is 5.79. The van der Waals surface area contributed by atoms with E-state index in [0.29, 0.717) is 0 Å². The van der Waals surface area contributed by atoms with Crippen LogP contribution in [-0.2, 0) is 4.74 Å². The summed E-state index contributed by atoms with van der Waals surface area (Å²) in [6.07, 6.45) is -18.5. The van der Waals surface area contributed by atoms with Crippen LogP contribution < -0.4 is 0 Å². The van der Waals surface area contributed by atoms with Gasteiger partial charge in [0.15, 0.2) is 0 Å². The van der Waals surface area contributed by atoms with Crippen LogP contribution >= 0.6 is 0 Å². The van der Waals surface area contributed by atoms with Gasteiger partial charge >= 0.3 is 30.1 Å². The van der Waals surface area contributed by atoms with Crippen LogP contribution in [0.1, 0.15) is 0 Å². The molecule has 1 atom stereocenters. The fraction of sp³-hybridized carbons (Fsp3) is 0.875. The monoisotopic (exact) mass is 345 g/mol. The van der Waals surface area contributed by atoms with Crippen molar-refractivity contribution in [2.45, 2.75) is 36.2 Å². The highest BCUT2D eigenvalue weighted by Gasteiger charge is 2.85. The maximum absolute atomic E-state index is 12.8. The standard InChI is InChI=1S/C8H5F12O/c1-2-21-5(12,13)3(9)4(10,11)6(14,15)7(16,17)8(18,19)20/h3H,1-2H2. The lowest BCUT2D eigenvalue weighted by Crippen LogP contribution is -2.66. The molecule has 0 aromatic rings. The smallest absolute Gasteiger partial charge is 0.318 e. The quantitative estimate of drug-likeness (QED) is 0.655. The molecule has 1 unspecified atom stereocenters. The molecule has 0 heterocycles. The minimum absolute atomic E-state index is 1.45. The Morgan fingerprint density at radius 1 is 0.762 bits per heavy atom. The summed E-state index contributed by atoms with van der Waals surface area (Å²) in [5.74, 6) is -22.1. The molecule has 21 heavy (non-hydrogen) atoms. The summed E-state index contributed by atoms with van der Waals surface area (Å²) in [5, 5.41) is 0. The van der Waals surface area contributed by atoms with Crippen molar-refractivity contribution in [3.05, 3.63) is 6.92 Å². The van der Waals surface area contributed by atoms with E-state index in [4.69, 9.17) is 0 Å². The Labute approximate surface area is 108 Å². The zero-order valence-electron chi connectivity index (χ0n) is 9.44. The van der Waals surface area contributed by atoms with Crippen LogP contribution in [0, 0.1) is 6.92 Å². The van der Waals surface area contributed by atoms with Crippen molar-refractivity contribution in [2.24, 2.45) is 0 Å². The van der Waals surface area contributed by atoms with Crippen molar-refractivity contribution in [2.75, 3.05) is 6.61 Å².